The van der Waals surface area contributed by atoms with Crippen molar-refractivity contribution in [3.8, 4) is 0 Å². The van der Waals surface area contributed by atoms with Gasteiger partial charge >= 0.3 is 0 Å². The van der Waals surface area contributed by atoms with Crippen LogP contribution in [0.2, 0.25) is 0 Å². The van der Waals surface area contributed by atoms with Crippen LogP contribution in [0.1, 0.15) is 62.8 Å². The maximum Gasteiger partial charge on any atom is 0.272 e. The molecule has 0 fully saturated rings. The second-order valence-electron chi connectivity index (χ2n) is 9.82. The van der Waals surface area contributed by atoms with Crippen molar-refractivity contribution < 1.29 is 9.59 Å². The van der Waals surface area contributed by atoms with E-state index in [1.54, 1.807) is 36.7 Å². The van der Waals surface area contributed by atoms with Crippen LogP contribution in [0.15, 0.2) is 73.1 Å². The Morgan fingerprint density at radius 1 is 0.692 bits per heavy atom. The van der Waals surface area contributed by atoms with E-state index in [2.05, 4.69) is 63.5 Å². The van der Waals surface area contributed by atoms with E-state index in [-0.39, 0.29) is 17.7 Å². The molecule has 0 radical (unpaired) electrons. The number of nitrogens with one attached hydrogen (secondary N) is 6. The Balaban J connectivity index is 1.39. The van der Waals surface area contributed by atoms with Gasteiger partial charge in [-0.05, 0) is 67.8 Å². The molecule has 0 saturated carbocycles. The Labute approximate surface area is 225 Å². The van der Waals surface area contributed by atoms with Crippen LogP contribution >= 0.6 is 0 Å². The van der Waals surface area contributed by atoms with Crippen LogP contribution in [0.4, 0.5) is 11.4 Å². The molecule has 0 aliphatic rings. The molecular weight excluding hydrogens is 488 g/mol. The molecule has 6 N–H and O–H groups in total. The average Bonchev–Trinajstić information content (AvgIpc) is 3.75. The molecule has 6 rings (SSSR count). The van der Waals surface area contributed by atoms with E-state index in [4.69, 9.17) is 0 Å². The third-order valence-electron chi connectivity index (χ3n) is 7.55. The Morgan fingerprint density at radius 3 is 1.54 bits per heavy atom. The quantitative estimate of drug-likeness (QED) is 0.137. The number of carbonyl (C=O) groups is 2. The summed E-state index contributed by atoms with van der Waals surface area (Å²) in [6.07, 6.45) is 4.32. The smallest absolute Gasteiger partial charge is 0.272 e. The number of hydrogen-bond acceptors (Lipinski definition) is 2. The fourth-order valence-corrected chi connectivity index (χ4v) is 5.53. The summed E-state index contributed by atoms with van der Waals surface area (Å²) in [7, 11) is 0. The predicted octanol–water partition coefficient (Wildman–Crippen LogP) is 6.97. The lowest BCUT2D eigenvalue weighted by Crippen LogP contribution is -2.12. The van der Waals surface area contributed by atoms with Crippen LogP contribution < -0.4 is 10.6 Å². The van der Waals surface area contributed by atoms with E-state index in [9.17, 15) is 9.59 Å². The molecular formula is C31H30N6O2. The number of amides is 2. The number of anilines is 2. The minimum Gasteiger partial charge on any atom is -0.357 e. The normalized spacial score (nSPS) is 11.5. The fourth-order valence-electron chi connectivity index (χ4n) is 5.53. The number of fused-ring (bicyclic) bond motifs is 2. The van der Waals surface area contributed by atoms with Crippen molar-refractivity contribution in [2.24, 2.45) is 0 Å². The molecule has 4 aromatic heterocycles. The minimum absolute atomic E-state index is 0.0590. The van der Waals surface area contributed by atoms with Crippen molar-refractivity contribution in [3.63, 3.8) is 0 Å². The molecule has 6 aromatic rings. The van der Waals surface area contributed by atoms with Crippen LogP contribution in [0.25, 0.3) is 21.8 Å². The maximum absolute atomic E-state index is 12.8. The molecule has 39 heavy (non-hydrogen) atoms. The molecule has 0 aliphatic heterocycles. The first kappa shape index (κ1) is 24.4. The van der Waals surface area contributed by atoms with Crippen molar-refractivity contribution in [2.45, 2.75) is 33.1 Å². The highest BCUT2D eigenvalue weighted by atomic mass is 16.2. The Hall–Kier alpha value is -4.98. The van der Waals surface area contributed by atoms with E-state index in [1.165, 1.54) is 0 Å². The van der Waals surface area contributed by atoms with Gasteiger partial charge < -0.3 is 30.6 Å². The van der Waals surface area contributed by atoms with Gasteiger partial charge in [-0.25, -0.2) is 0 Å². The van der Waals surface area contributed by atoms with E-state index >= 15 is 0 Å². The van der Waals surface area contributed by atoms with Gasteiger partial charge in [-0.15, -0.1) is 0 Å². The number of carbonyl (C=O) groups excluding carboxylic acids is 2. The number of aromatic amines is 4. The molecule has 0 unspecified atom stereocenters. The van der Waals surface area contributed by atoms with E-state index in [0.29, 0.717) is 11.4 Å². The van der Waals surface area contributed by atoms with E-state index in [1.807, 2.05) is 24.3 Å². The van der Waals surface area contributed by atoms with Gasteiger partial charge in [-0.1, -0.05) is 31.2 Å². The van der Waals surface area contributed by atoms with Gasteiger partial charge in [0.15, 0.2) is 0 Å². The first-order valence-corrected chi connectivity index (χ1v) is 13.1. The van der Waals surface area contributed by atoms with Crippen LogP contribution in [-0.2, 0) is 0 Å². The van der Waals surface area contributed by atoms with Gasteiger partial charge in [0.25, 0.3) is 11.8 Å². The summed E-state index contributed by atoms with van der Waals surface area (Å²) in [4.78, 5) is 38.7. The molecule has 8 nitrogen and oxygen atoms in total. The Bertz CT molecular complexity index is 1670. The third-order valence-corrected chi connectivity index (χ3v) is 7.55. The number of rotatable bonds is 7. The number of hydrogen-bond donors (Lipinski definition) is 6. The van der Waals surface area contributed by atoms with Gasteiger partial charge in [0.2, 0.25) is 0 Å². The van der Waals surface area contributed by atoms with Gasteiger partial charge in [-0.3, -0.25) is 9.59 Å². The van der Waals surface area contributed by atoms with Crippen LogP contribution in [0, 0.1) is 13.8 Å². The second kappa shape index (κ2) is 9.72. The molecule has 196 valence electrons. The minimum atomic E-state index is -0.186. The molecule has 0 aliphatic carbocycles. The SMILES string of the molecule is CCC(c1[nH]c2c(NC(=O)c3ccc[nH]3)cccc2c1C)c1[nH]c2c(NC(=O)c3ccc[nH]3)cccc2c1C. The van der Waals surface area contributed by atoms with Gasteiger partial charge in [-0.2, -0.15) is 0 Å². The van der Waals surface area contributed by atoms with Crippen molar-refractivity contribution in [1.29, 1.82) is 0 Å². The summed E-state index contributed by atoms with van der Waals surface area (Å²) >= 11 is 0. The summed E-state index contributed by atoms with van der Waals surface area (Å²) in [5, 5.41) is 8.22. The second-order valence-corrected chi connectivity index (χ2v) is 9.82. The van der Waals surface area contributed by atoms with Crippen molar-refractivity contribution in [1.82, 2.24) is 19.9 Å². The Morgan fingerprint density at radius 2 is 1.15 bits per heavy atom. The number of benzene rings is 2. The third kappa shape index (κ3) is 4.20. The summed E-state index contributed by atoms with van der Waals surface area (Å²) < 4.78 is 0. The highest BCUT2D eigenvalue weighted by Gasteiger charge is 2.24. The van der Waals surface area contributed by atoms with Crippen molar-refractivity contribution in [2.75, 3.05) is 10.6 Å². The van der Waals surface area contributed by atoms with Gasteiger partial charge in [0.1, 0.15) is 11.4 Å². The standard InChI is InChI=1S/C31H30N6O2/c1-4-19(26-17(2)20-9-5-11-22(28(20)36-26)34-30(38)24-13-7-15-32-24)27-18(3)21-10-6-12-23(29(21)37-27)35-31(39)25-14-8-16-33-25/h5-16,19,32-33,36-37H,4H2,1-3H3,(H,34,38)(H,35,39). The molecule has 0 bridgehead atoms. The topological polar surface area (TPSA) is 121 Å². The fraction of sp³-hybridized carbons (Fsp3) is 0.161. The van der Waals surface area contributed by atoms with E-state index < -0.39 is 0 Å². The monoisotopic (exact) mass is 518 g/mol. The van der Waals surface area contributed by atoms with Crippen molar-refractivity contribution in [3.05, 3.63) is 107 Å². The summed E-state index contributed by atoms with van der Waals surface area (Å²) in [6, 6.07) is 19.0. The zero-order valence-electron chi connectivity index (χ0n) is 22.0. The molecule has 0 spiro atoms. The summed E-state index contributed by atoms with van der Waals surface area (Å²) in [5.41, 5.74) is 8.77. The number of aromatic nitrogens is 4. The molecule has 0 atom stereocenters. The van der Waals surface area contributed by atoms with Gasteiger partial charge in [0.05, 0.1) is 22.4 Å². The largest absolute Gasteiger partial charge is 0.357 e. The molecule has 4 heterocycles. The molecule has 2 amide bonds. The predicted molar refractivity (Wildman–Crippen MR) is 156 cm³/mol. The number of H-pyrrole nitrogens is 4. The van der Waals surface area contributed by atoms with Crippen LogP contribution in [0.3, 0.4) is 0 Å². The first-order valence-electron chi connectivity index (χ1n) is 13.1. The first-order chi connectivity index (χ1) is 19.0. The van der Waals surface area contributed by atoms with Gasteiger partial charge in [0, 0.05) is 40.5 Å². The maximum atomic E-state index is 12.8. The lowest BCUT2D eigenvalue weighted by atomic mass is 9.92. The number of para-hydroxylation sites is 2. The highest BCUT2D eigenvalue weighted by molar-refractivity contribution is 6.09. The summed E-state index contributed by atoms with van der Waals surface area (Å²) in [6.45, 7) is 6.41. The Kier molecular flexibility index (Phi) is 6.07. The lowest BCUT2D eigenvalue weighted by molar-refractivity contribution is 0.101. The lowest BCUT2D eigenvalue weighted by Gasteiger charge is -2.15. The molecule has 2 aromatic carbocycles. The van der Waals surface area contributed by atoms with E-state index in [0.717, 1.165) is 62.1 Å². The number of aryl methyl sites for hydroxylation is 2. The summed E-state index contributed by atoms with van der Waals surface area (Å²) in [5.74, 6) is -0.314. The van der Waals surface area contributed by atoms with Crippen molar-refractivity contribution >= 4 is 45.0 Å². The van der Waals surface area contributed by atoms with Crippen LogP contribution in [-0.4, -0.2) is 31.8 Å². The zero-order chi connectivity index (χ0) is 27.1. The highest BCUT2D eigenvalue weighted by Crippen LogP contribution is 2.39. The molecule has 0 saturated heterocycles. The average molecular weight is 519 g/mol. The molecule has 8 heteroatoms. The zero-order valence-corrected chi connectivity index (χ0v) is 22.0. The van der Waals surface area contributed by atoms with Crippen LogP contribution in [0.5, 0.6) is 0 Å².